The van der Waals surface area contributed by atoms with Crippen molar-refractivity contribution in [3.05, 3.63) is 66.8 Å². The molecule has 2 amide bonds. The Hall–Kier alpha value is -1.28. The third kappa shape index (κ3) is 3.26. The molecule has 1 aliphatic heterocycles. The molecule has 0 saturated carbocycles. The van der Waals surface area contributed by atoms with Crippen LogP contribution in [0.1, 0.15) is 0 Å². The van der Waals surface area contributed by atoms with Gasteiger partial charge >= 0.3 is 0 Å². The summed E-state index contributed by atoms with van der Waals surface area (Å²) in [5.74, 6) is -1.24. The van der Waals surface area contributed by atoms with Crippen molar-refractivity contribution in [3.8, 4) is 0 Å². The van der Waals surface area contributed by atoms with Crippen LogP contribution in [-0.4, -0.2) is 11.8 Å². The van der Waals surface area contributed by atoms with E-state index in [4.69, 9.17) is 34.8 Å². The summed E-state index contributed by atoms with van der Waals surface area (Å²) in [6.45, 7) is 0. The third-order valence-corrected chi connectivity index (χ3v) is 4.91. The highest BCUT2D eigenvalue weighted by Gasteiger charge is 2.39. The first-order chi connectivity index (χ1) is 11.4. The van der Waals surface area contributed by atoms with Crippen molar-refractivity contribution in [2.75, 3.05) is 10.2 Å². The normalized spacial score (nSPS) is 14.6. The van der Waals surface area contributed by atoms with Gasteiger partial charge < -0.3 is 5.32 Å². The van der Waals surface area contributed by atoms with Gasteiger partial charge in [0.05, 0.1) is 10.7 Å². The first kappa shape index (κ1) is 17.5. The van der Waals surface area contributed by atoms with Crippen LogP contribution in [0.25, 0.3) is 0 Å². The first-order valence-corrected chi connectivity index (χ1v) is 8.86. The number of amides is 2. The summed E-state index contributed by atoms with van der Waals surface area (Å²) < 4.78 is 1.04. The molecule has 0 fully saturated rings. The van der Waals surface area contributed by atoms with Gasteiger partial charge in [-0.25, -0.2) is 4.90 Å². The molecule has 1 aliphatic rings. The van der Waals surface area contributed by atoms with Crippen molar-refractivity contribution in [1.82, 2.24) is 0 Å². The molecule has 0 atom stereocenters. The number of carbonyl (C=O) groups is 2. The molecule has 3 rings (SSSR count). The average molecular weight is 494 g/mol. The molecule has 0 saturated heterocycles. The number of imide groups is 1. The average Bonchev–Trinajstić information content (AvgIpc) is 2.76. The molecule has 0 aromatic heterocycles. The van der Waals surface area contributed by atoms with Crippen molar-refractivity contribution in [2.24, 2.45) is 0 Å². The summed E-state index contributed by atoms with van der Waals surface area (Å²) in [7, 11) is 0. The summed E-state index contributed by atoms with van der Waals surface area (Å²) >= 11 is 20.3. The van der Waals surface area contributed by atoms with Gasteiger partial charge in [-0.3, -0.25) is 9.59 Å². The Morgan fingerprint density at radius 1 is 0.917 bits per heavy atom. The summed E-state index contributed by atoms with van der Waals surface area (Å²) in [5, 5.41) is 3.26. The predicted molar refractivity (Wildman–Crippen MR) is 105 cm³/mol. The van der Waals surface area contributed by atoms with Gasteiger partial charge in [-0.05, 0) is 65.1 Å². The van der Waals surface area contributed by atoms with Gasteiger partial charge in [0.15, 0.2) is 0 Å². The number of rotatable bonds is 3. The van der Waals surface area contributed by atoms with Crippen LogP contribution in [0.5, 0.6) is 0 Å². The zero-order chi connectivity index (χ0) is 17.4. The Bertz CT molecular complexity index is 881. The molecule has 0 spiro atoms. The third-order valence-electron chi connectivity index (χ3n) is 3.29. The second-order valence-electron chi connectivity index (χ2n) is 4.86. The zero-order valence-corrected chi connectivity index (χ0v) is 16.2. The van der Waals surface area contributed by atoms with E-state index in [0.717, 1.165) is 8.47 Å². The van der Waals surface area contributed by atoms with Crippen molar-refractivity contribution in [2.45, 2.75) is 0 Å². The van der Waals surface area contributed by atoms with E-state index in [1.807, 2.05) is 12.1 Å². The largest absolute Gasteiger partial charge is 0.350 e. The highest BCUT2D eigenvalue weighted by atomic mass is 127. The maximum atomic E-state index is 12.7. The number of hydrogen-bond donors (Lipinski definition) is 1. The van der Waals surface area contributed by atoms with Crippen molar-refractivity contribution in [1.29, 1.82) is 0 Å². The molecule has 0 unspecified atom stereocenters. The van der Waals surface area contributed by atoms with Gasteiger partial charge in [0.1, 0.15) is 10.7 Å². The molecule has 122 valence electrons. The van der Waals surface area contributed by atoms with Crippen molar-refractivity contribution in [3.63, 3.8) is 0 Å². The van der Waals surface area contributed by atoms with Crippen molar-refractivity contribution >= 4 is 80.6 Å². The van der Waals surface area contributed by atoms with Crippen molar-refractivity contribution < 1.29 is 9.59 Å². The molecule has 1 heterocycles. The van der Waals surface area contributed by atoms with Gasteiger partial charge in [-0.15, -0.1) is 0 Å². The monoisotopic (exact) mass is 492 g/mol. The highest BCUT2D eigenvalue weighted by molar-refractivity contribution is 14.1. The lowest BCUT2D eigenvalue weighted by Crippen LogP contribution is -2.32. The molecular weight excluding hydrogens is 485 g/mol. The van der Waals surface area contributed by atoms with E-state index in [0.29, 0.717) is 10.7 Å². The summed E-state index contributed by atoms with van der Waals surface area (Å²) in [4.78, 5) is 26.0. The van der Waals surface area contributed by atoms with Crippen LogP contribution in [0.3, 0.4) is 0 Å². The van der Waals surface area contributed by atoms with E-state index in [1.165, 1.54) is 12.1 Å². The molecule has 1 N–H and O–H groups in total. The Morgan fingerprint density at radius 3 is 2.25 bits per heavy atom. The lowest BCUT2D eigenvalue weighted by atomic mass is 10.3. The Morgan fingerprint density at radius 2 is 1.58 bits per heavy atom. The Labute approximate surface area is 166 Å². The number of nitrogens with one attached hydrogen (secondary N) is 1. The van der Waals surface area contributed by atoms with Gasteiger partial charge in [0.25, 0.3) is 11.8 Å². The lowest BCUT2D eigenvalue weighted by Gasteiger charge is -2.16. The lowest BCUT2D eigenvalue weighted by molar-refractivity contribution is -0.120. The fraction of sp³-hybridized carbons (Fsp3) is 0. The Balaban J connectivity index is 1.95. The fourth-order valence-corrected chi connectivity index (χ4v) is 3.11. The highest BCUT2D eigenvalue weighted by Crippen LogP contribution is 2.35. The molecule has 2 aromatic carbocycles. The van der Waals surface area contributed by atoms with E-state index in [9.17, 15) is 9.59 Å². The molecule has 0 aliphatic carbocycles. The smallest absolute Gasteiger partial charge is 0.283 e. The molecule has 4 nitrogen and oxygen atoms in total. The number of carbonyl (C=O) groups excluding carboxylic acids is 2. The molecule has 2 aromatic rings. The maximum Gasteiger partial charge on any atom is 0.283 e. The zero-order valence-electron chi connectivity index (χ0n) is 11.8. The summed E-state index contributed by atoms with van der Waals surface area (Å²) in [6.07, 6.45) is 0. The maximum absolute atomic E-state index is 12.7. The van der Waals surface area contributed by atoms with E-state index in [2.05, 4.69) is 27.9 Å². The fourth-order valence-electron chi connectivity index (χ4n) is 2.16. The molecule has 0 radical (unpaired) electrons. The number of benzene rings is 2. The van der Waals surface area contributed by atoms with E-state index in [-0.39, 0.29) is 21.4 Å². The van der Waals surface area contributed by atoms with E-state index in [1.54, 1.807) is 18.2 Å². The van der Waals surface area contributed by atoms with Crippen LogP contribution in [0.4, 0.5) is 11.4 Å². The summed E-state index contributed by atoms with van der Waals surface area (Å²) in [5.41, 5.74) is 0.833. The minimum absolute atomic E-state index is 0.00100. The van der Waals surface area contributed by atoms with Gasteiger partial charge in [-0.2, -0.15) is 0 Å². The molecule has 8 heteroatoms. The van der Waals surface area contributed by atoms with Crippen LogP contribution in [0.2, 0.25) is 10.0 Å². The van der Waals surface area contributed by atoms with Gasteiger partial charge in [0.2, 0.25) is 0 Å². The quantitative estimate of drug-likeness (QED) is 0.482. The number of hydrogen-bond acceptors (Lipinski definition) is 3. The molecule has 24 heavy (non-hydrogen) atoms. The molecular formula is C16H8Cl3IN2O2. The first-order valence-electron chi connectivity index (χ1n) is 6.64. The van der Waals surface area contributed by atoms with Gasteiger partial charge in [-0.1, -0.05) is 34.8 Å². The van der Waals surface area contributed by atoms with Crippen LogP contribution in [0, 0.1) is 3.57 Å². The second-order valence-corrected chi connectivity index (χ2v) is 7.33. The SMILES string of the molecule is O=C1C(Cl)=C(Nc2ccc(I)cc2)C(=O)N1c1cc(Cl)ccc1Cl. The Kier molecular flexibility index (Phi) is 5.05. The van der Waals surface area contributed by atoms with Crippen LogP contribution >= 0.6 is 57.4 Å². The minimum atomic E-state index is -0.654. The van der Waals surface area contributed by atoms with Crippen LogP contribution in [0.15, 0.2) is 53.2 Å². The topological polar surface area (TPSA) is 49.4 Å². The predicted octanol–water partition coefficient (Wildman–Crippen LogP) is 5.03. The molecule has 0 bridgehead atoms. The minimum Gasteiger partial charge on any atom is -0.350 e. The number of anilines is 2. The van der Waals surface area contributed by atoms with E-state index >= 15 is 0 Å². The van der Waals surface area contributed by atoms with Crippen LogP contribution in [-0.2, 0) is 9.59 Å². The van der Waals surface area contributed by atoms with E-state index < -0.39 is 11.8 Å². The second kappa shape index (κ2) is 6.92. The standard InChI is InChI=1S/C16H8Cl3IN2O2/c17-8-1-6-11(18)12(7-8)22-15(23)13(19)14(16(22)24)21-10-4-2-9(20)3-5-10/h1-7,21H. The van der Waals surface area contributed by atoms with Crippen LogP contribution < -0.4 is 10.2 Å². The number of halogens is 4. The van der Waals surface area contributed by atoms with Gasteiger partial charge in [0, 0.05) is 14.3 Å². The number of nitrogens with zero attached hydrogens (tertiary/aromatic N) is 1. The summed E-state index contributed by atoms with van der Waals surface area (Å²) in [6, 6.07) is 11.8.